The van der Waals surface area contributed by atoms with E-state index in [1.165, 1.54) is 29.9 Å². The first-order valence-electron chi connectivity index (χ1n) is 5.87. The Morgan fingerprint density at radius 3 is 1.85 bits per heavy atom. The highest BCUT2D eigenvalue weighted by atomic mass is 32.2. The van der Waals surface area contributed by atoms with E-state index in [-0.39, 0.29) is 0 Å². The van der Waals surface area contributed by atoms with E-state index in [4.69, 9.17) is 13.0 Å². The van der Waals surface area contributed by atoms with Crippen LogP contribution in [0.2, 0.25) is 0 Å². The van der Waals surface area contributed by atoms with Gasteiger partial charge in [-0.25, -0.2) is 8.42 Å². The van der Waals surface area contributed by atoms with E-state index in [1.807, 2.05) is 0 Å². The fourth-order valence-electron chi connectivity index (χ4n) is 1.62. The standard InChI is InChI=1S/C11H15S.CHF3O3S/c1-10-4-6-11(7-5-10)12-8-2-3-9-12;2-1(3,4)8(5,6)7/h4-7H,2-3,8-9H2,1H3;(H,5,6,7)/q+1;/p-1. The lowest BCUT2D eigenvalue weighted by Crippen LogP contribution is -2.21. The van der Waals surface area contributed by atoms with Crippen LogP contribution in [0.5, 0.6) is 0 Å². The molecule has 0 unspecified atom stereocenters. The van der Waals surface area contributed by atoms with E-state index in [9.17, 15) is 13.2 Å². The van der Waals surface area contributed by atoms with Crippen molar-refractivity contribution in [2.75, 3.05) is 11.5 Å². The van der Waals surface area contributed by atoms with Gasteiger partial charge >= 0.3 is 5.51 Å². The zero-order chi connectivity index (χ0) is 15.4. The molecular weight excluding hydrogens is 313 g/mol. The highest BCUT2D eigenvalue weighted by Gasteiger charge is 2.36. The summed E-state index contributed by atoms with van der Waals surface area (Å²) in [6.07, 6.45) is 2.88. The molecule has 0 aromatic heterocycles. The lowest BCUT2D eigenvalue weighted by molar-refractivity contribution is -0.0517. The molecule has 0 saturated carbocycles. The number of rotatable bonds is 1. The molecule has 8 heteroatoms. The van der Waals surface area contributed by atoms with Gasteiger partial charge in [-0.3, -0.25) is 0 Å². The van der Waals surface area contributed by atoms with Crippen molar-refractivity contribution in [3.05, 3.63) is 29.8 Å². The molecule has 1 aliphatic rings. The van der Waals surface area contributed by atoms with E-state index in [1.54, 1.807) is 4.90 Å². The number of hydrogen-bond acceptors (Lipinski definition) is 3. The molecule has 1 saturated heterocycles. The first kappa shape index (κ1) is 17.3. The SMILES string of the molecule is Cc1ccc([S+]2CCCC2)cc1.O=S(=O)([O-])C(F)(F)F. The van der Waals surface area contributed by atoms with Crippen molar-refractivity contribution in [2.45, 2.75) is 30.2 Å². The number of hydrogen-bond donors (Lipinski definition) is 0. The van der Waals surface area contributed by atoms with Crippen molar-refractivity contribution in [3.63, 3.8) is 0 Å². The molecule has 0 bridgehead atoms. The van der Waals surface area contributed by atoms with Crippen LogP contribution < -0.4 is 0 Å². The molecular formula is C12H15F3O3S2. The highest BCUT2D eigenvalue weighted by molar-refractivity contribution is 7.97. The number of alkyl halides is 3. The van der Waals surface area contributed by atoms with Crippen LogP contribution in [-0.4, -0.2) is 30.0 Å². The van der Waals surface area contributed by atoms with Crippen molar-refractivity contribution in [1.82, 2.24) is 0 Å². The first-order chi connectivity index (χ1) is 9.11. The largest absolute Gasteiger partial charge is 0.741 e. The molecule has 114 valence electrons. The Morgan fingerprint density at radius 2 is 1.50 bits per heavy atom. The van der Waals surface area contributed by atoms with Gasteiger partial charge in [0.15, 0.2) is 15.0 Å². The average Bonchev–Trinajstić information content (AvgIpc) is 2.81. The van der Waals surface area contributed by atoms with Gasteiger partial charge < -0.3 is 4.55 Å². The van der Waals surface area contributed by atoms with Crippen molar-refractivity contribution >= 4 is 21.0 Å². The van der Waals surface area contributed by atoms with E-state index in [2.05, 4.69) is 31.2 Å². The first-order valence-corrected chi connectivity index (χ1v) is 8.85. The van der Waals surface area contributed by atoms with Crippen molar-refractivity contribution in [1.29, 1.82) is 0 Å². The Balaban J connectivity index is 0.000000221. The van der Waals surface area contributed by atoms with E-state index >= 15 is 0 Å². The van der Waals surface area contributed by atoms with Gasteiger partial charge in [-0.2, -0.15) is 13.2 Å². The van der Waals surface area contributed by atoms with Crippen molar-refractivity contribution in [2.24, 2.45) is 0 Å². The van der Waals surface area contributed by atoms with Gasteiger partial charge in [0, 0.05) is 10.9 Å². The third-order valence-corrected chi connectivity index (χ3v) is 5.74. The fraction of sp³-hybridized carbons (Fsp3) is 0.500. The second-order valence-electron chi connectivity index (χ2n) is 4.32. The summed E-state index contributed by atoms with van der Waals surface area (Å²) in [4.78, 5) is 1.58. The van der Waals surface area contributed by atoms with Crippen molar-refractivity contribution in [3.8, 4) is 0 Å². The Hall–Kier alpha value is -0.730. The maximum absolute atomic E-state index is 10.7. The molecule has 1 aliphatic heterocycles. The van der Waals surface area contributed by atoms with Crippen LogP contribution >= 0.6 is 0 Å². The summed E-state index contributed by atoms with van der Waals surface area (Å²) in [6.45, 7) is 2.15. The summed E-state index contributed by atoms with van der Waals surface area (Å²) in [5.74, 6) is 2.87. The van der Waals surface area contributed by atoms with Gasteiger partial charge in [0.25, 0.3) is 0 Å². The minimum Gasteiger partial charge on any atom is -0.741 e. The molecule has 0 amide bonds. The van der Waals surface area contributed by atoms with Crippen LogP contribution in [0.25, 0.3) is 0 Å². The highest BCUT2D eigenvalue weighted by Crippen LogP contribution is 2.22. The van der Waals surface area contributed by atoms with Crippen LogP contribution in [-0.2, 0) is 21.0 Å². The smallest absolute Gasteiger partial charge is 0.485 e. The molecule has 20 heavy (non-hydrogen) atoms. The third kappa shape index (κ3) is 5.34. The molecule has 0 radical (unpaired) electrons. The molecule has 3 nitrogen and oxygen atoms in total. The minimum absolute atomic E-state index is 0.601. The molecule has 0 atom stereocenters. The Morgan fingerprint density at radius 1 is 1.10 bits per heavy atom. The summed E-state index contributed by atoms with van der Waals surface area (Å²) in [6, 6.07) is 9.09. The van der Waals surface area contributed by atoms with Gasteiger partial charge in [-0.05, 0) is 31.9 Å². The summed E-state index contributed by atoms with van der Waals surface area (Å²) < 4.78 is 58.9. The normalized spacial score (nSPS) is 16.6. The van der Waals surface area contributed by atoms with E-state index in [0.717, 1.165) is 0 Å². The zero-order valence-corrected chi connectivity index (χ0v) is 12.4. The van der Waals surface area contributed by atoms with Gasteiger partial charge in [-0.1, -0.05) is 17.7 Å². The summed E-state index contributed by atoms with van der Waals surface area (Å²) in [5, 5.41) is 0. The molecule has 1 aromatic carbocycles. The topological polar surface area (TPSA) is 57.2 Å². The summed E-state index contributed by atoms with van der Waals surface area (Å²) >= 11 is 0. The lowest BCUT2D eigenvalue weighted by atomic mass is 10.2. The second kappa shape index (κ2) is 6.82. The van der Waals surface area contributed by atoms with Crippen molar-refractivity contribution < 1.29 is 26.1 Å². The van der Waals surface area contributed by atoms with Gasteiger partial charge in [0.1, 0.15) is 11.5 Å². The summed E-state index contributed by atoms with van der Waals surface area (Å²) in [5.41, 5.74) is -4.27. The summed E-state index contributed by atoms with van der Waals surface area (Å²) in [7, 11) is -5.49. The fourth-order valence-corrected chi connectivity index (χ4v) is 3.92. The van der Waals surface area contributed by atoms with Crippen LogP contribution in [0, 0.1) is 6.92 Å². The second-order valence-corrected chi connectivity index (χ2v) is 7.97. The number of halogens is 3. The predicted octanol–water partition coefficient (Wildman–Crippen LogP) is 2.82. The molecule has 0 aliphatic carbocycles. The maximum atomic E-state index is 10.7. The molecule has 1 heterocycles. The van der Waals surface area contributed by atoms with Crippen LogP contribution in [0.15, 0.2) is 29.2 Å². The molecule has 1 aromatic rings. The Labute approximate surface area is 119 Å². The minimum atomic E-state index is -6.09. The lowest BCUT2D eigenvalue weighted by Gasteiger charge is -2.08. The third-order valence-electron chi connectivity index (χ3n) is 2.67. The van der Waals surface area contributed by atoms with Crippen LogP contribution in [0.1, 0.15) is 18.4 Å². The van der Waals surface area contributed by atoms with E-state index < -0.39 is 15.6 Å². The molecule has 2 rings (SSSR count). The molecule has 0 spiro atoms. The average molecular weight is 328 g/mol. The van der Waals surface area contributed by atoms with Gasteiger partial charge in [-0.15, -0.1) is 0 Å². The van der Waals surface area contributed by atoms with E-state index in [0.29, 0.717) is 10.9 Å². The zero-order valence-electron chi connectivity index (χ0n) is 10.8. The van der Waals surface area contributed by atoms with Crippen LogP contribution in [0.4, 0.5) is 13.2 Å². The van der Waals surface area contributed by atoms with Gasteiger partial charge in [0.05, 0.1) is 0 Å². The maximum Gasteiger partial charge on any atom is 0.485 e. The van der Waals surface area contributed by atoms with Gasteiger partial charge in [0.2, 0.25) is 0 Å². The predicted molar refractivity (Wildman–Crippen MR) is 71.5 cm³/mol. The quantitative estimate of drug-likeness (QED) is 0.452. The Kier molecular flexibility index (Phi) is 5.91. The van der Waals surface area contributed by atoms with Crippen LogP contribution in [0.3, 0.4) is 0 Å². The Bertz CT molecular complexity index is 518. The number of benzene rings is 1. The monoisotopic (exact) mass is 328 g/mol. The molecule has 1 fully saturated rings. The molecule has 0 N–H and O–H groups in total. The number of aryl methyl sites for hydroxylation is 1.